The lowest BCUT2D eigenvalue weighted by Crippen LogP contribution is -1.91. The maximum absolute atomic E-state index is 10.5. The molecular formula is C10H9NO2. The number of carboxylic acid groups (broad SMARTS) is 1. The molecule has 1 heterocycles. The lowest BCUT2D eigenvalue weighted by molar-refractivity contribution is -0.131. The number of nitrogens with zero attached hydrogens (tertiary/aromatic N) is 1. The maximum Gasteiger partial charge on any atom is 0.328 e. The Labute approximate surface area is 75.7 Å². The van der Waals surface area contributed by atoms with E-state index in [1.165, 1.54) is 6.08 Å². The SMILES string of the molecule is O=C(O)C=C1CCc2cccnc21. The first kappa shape index (κ1) is 7.98. The predicted molar refractivity (Wildman–Crippen MR) is 48.2 cm³/mol. The van der Waals surface area contributed by atoms with Crippen LogP contribution in [0.3, 0.4) is 0 Å². The maximum atomic E-state index is 10.5. The van der Waals surface area contributed by atoms with Crippen LogP contribution in [0.2, 0.25) is 0 Å². The van der Waals surface area contributed by atoms with Crippen molar-refractivity contribution in [3.8, 4) is 0 Å². The van der Waals surface area contributed by atoms with E-state index >= 15 is 0 Å². The van der Waals surface area contributed by atoms with Crippen LogP contribution >= 0.6 is 0 Å². The molecule has 1 aliphatic rings. The Morgan fingerprint density at radius 2 is 2.38 bits per heavy atom. The molecule has 0 aromatic carbocycles. The molecule has 1 aromatic heterocycles. The number of allylic oxidation sites excluding steroid dienone is 1. The molecule has 0 bridgehead atoms. The molecule has 0 saturated carbocycles. The van der Waals surface area contributed by atoms with Crippen LogP contribution in [0.5, 0.6) is 0 Å². The van der Waals surface area contributed by atoms with Gasteiger partial charge in [0.1, 0.15) is 0 Å². The van der Waals surface area contributed by atoms with Crippen molar-refractivity contribution in [2.45, 2.75) is 12.8 Å². The molecule has 0 fully saturated rings. The smallest absolute Gasteiger partial charge is 0.328 e. The molecule has 0 aliphatic heterocycles. The summed E-state index contributed by atoms with van der Waals surface area (Å²) in [6.07, 6.45) is 4.64. The van der Waals surface area contributed by atoms with E-state index in [9.17, 15) is 4.79 Å². The van der Waals surface area contributed by atoms with Crippen molar-refractivity contribution in [2.24, 2.45) is 0 Å². The molecule has 3 heteroatoms. The number of carboxylic acids is 1. The zero-order valence-corrected chi connectivity index (χ0v) is 7.03. The van der Waals surface area contributed by atoms with Crippen molar-refractivity contribution in [1.82, 2.24) is 4.98 Å². The summed E-state index contributed by atoms with van der Waals surface area (Å²) in [5.74, 6) is -0.895. The van der Waals surface area contributed by atoms with Gasteiger partial charge in [0.15, 0.2) is 0 Å². The third-order valence-electron chi connectivity index (χ3n) is 2.16. The summed E-state index contributed by atoms with van der Waals surface area (Å²) in [5.41, 5.74) is 2.84. The van der Waals surface area contributed by atoms with Crippen LogP contribution in [0.15, 0.2) is 24.4 Å². The lowest BCUT2D eigenvalue weighted by Gasteiger charge is -1.96. The van der Waals surface area contributed by atoms with Gasteiger partial charge >= 0.3 is 5.97 Å². The van der Waals surface area contributed by atoms with Crippen LogP contribution in [-0.2, 0) is 11.2 Å². The van der Waals surface area contributed by atoms with Crippen molar-refractivity contribution >= 4 is 11.5 Å². The second-order valence-electron chi connectivity index (χ2n) is 3.02. The fraction of sp³-hybridized carbons (Fsp3) is 0.200. The highest BCUT2D eigenvalue weighted by Gasteiger charge is 2.17. The van der Waals surface area contributed by atoms with Crippen molar-refractivity contribution in [3.05, 3.63) is 35.7 Å². The van der Waals surface area contributed by atoms with Crippen molar-refractivity contribution in [3.63, 3.8) is 0 Å². The number of fused-ring (bicyclic) bond motifs is 1. The Bertz CT molecular complexity index is 382. The van der Waals surface area contributed by atoms with Gasteiger partial charge in [-0.15, -0.1) is 0 Å². The number of pyridine rings is 1. The zero-order chi connectivity index (χ0) is 9.26. The number of hydrogen-bond donors (Lipinski definition) is 1. The molecule has 1 aromatic rings. The Hall–Kier alpha value is -1.64. The molecule has 3 nitrogen and oxygen atoms in total. The Kier molecular flexibility index (Phi) is 1.85. The largest absolute Gasteiger partial charge is 0.478 e. The summed E-state index contributed by atoms with van der Waals surface area (Å²) in [6, 6.07) is 3.87. The molecule has 0 unspecified atom stereocenters. The predicted octanol–water partition coefficient (Wildman–Crippen LogP) is 1.50. The molecule has 0 radical (unpaired) electrons. The molecule has 1 N–H and O–H groups in total. The van der Waals surface area contributed by atoms with Crippen LogP contribution in [0, 0.1) is 0 Å². The van der Waals surface area contributed by atoms with E-state index in [2.05, 4.69) is 4.98 Å². The fourth-order valence-corrected chi connectivity index (χ4v) is 1.61. The van der Waals surface area contributed by atoms with E-state index in [0.29, 0.717) is 0 Å². The Balaban J connectivity index is 2.44. The second kappa shape index (κ2) is 3.01. The molecule has 66 valence electrons. The van der Waals surface area contributed by atoms with E-state index in [4.69, 9.17) is 5.11 Å². The highest BCUT2D eigenvalue weighted by Crippen LogP contribution is 2.29. The van der Waals surface area contributed by atoms with E-state index < -0.39 is 5.97 Å². The topological polar surface area (TPSA) is 50.2 Å². The fourth-order valence-electron chi connectivity index (χ4n) is 1.61. The summed E-state index contributed by atoms with van der Waals surface area (Å²) in [4.78, 5) is 14.6. The minimum Gasteiger partial charge on any atom is -0.478 e. The Morgan fingerprint density at radius 1 is 1.54 bits per heavy atom. The van der Waals surface area contributed by atoms with Crippen LogP contribution in [0.1, 0.15) is 17.7 Å². The molecule has 13 heavy (non-hydrogen) atoms. The summed E-state index contributed by atoms with van der Waals surface area (Å²) in [6.45, 7) is 0. The van der Waals surface area contributed by atoms with Crippen LogP contribution in [-0.4, -0.2) is 16.1 Å². The van der Waals surface area contributed by atoms with Gasteiger partial charge in [-0.05, 0) is 30.0 Å². The molecule has 0 atom stereocenters. The van der Waals surface area contributed by atoms with Gasteiger partial charge in [-0.25, -0.2) is 4.79 Å². The quantitative estimate of drug-likeness (QED) is 0.658. The summed E-state index contributed by atoms with van der Waals surface area (Å²) in [7, 11) is 0. The van der Waals surface area contributed by atoms with Crippen molar-refractivity contribution in [1.29, 1.82) is 0 Å². The molecule has 0 amide bonds. The molecule has 0 spiro atoms. The molecule has 1 aliphatic carbocycles. The molecule has 0 saturated heterocycles. The van der Waals surface area contributed by atoms with Crippen molar-refractivity contribution < 1.29 is 9.90 Å². The zero-order valence-electron chi connectivity index (χ0n) is 7.03. The standard InChI is InChI=1S/C10H9NO2/c12-9(13)6-8-4-3-7-2-1-5-11-10(7)8/h1-2,5-6H,3-4H2,(H,12,13). The Morgan fingerprint density at radius 3 is 3.15 bits per heavy atom. The van der Waals surface area contributed by atoms with Gasteiger partial charge in [0.2, 0.25) is 0 Å². The first-order valence-electron chi connectivity index (χ1n) is 4.15. The van der Waals surface area contributed by atoms with Gasteiger partial charge in [-0.1, -0.05) is 6.07 Å². The number of aryl methyl sites for hydroxylation is 1. The first-order chi connectivity index (χ1) is 6.27. The molecular weight excluding hydrogens is 166 g/mol. The minimum absolute atomic E-state index is 0.790. The minimum atomic E-state index is -0.895. The van der Waals surface area contributed by atoms with E-state index in [1.807, 2.05) is 12.1 Å². The normalized spacial score (nSPS) is 17.4. The third-order valence-corrected chi connectivity index (χ3v) is 2.16. The van der Waals surface area contributed by atoms with E-state index in [1.54, 1.807) is 6.20 Å². The average Bonchev–Trinajstić information content (AvgIpc) is 2.48. The summed E-state index contributed by atoms with van der Waals surface area (Å²) in [5, 5.41) is 8.60. The highest BCUT2D eigenvalue weighted by molar-refractivity contribution is 5.90. The second-order valence-corrected chi connectivity index (χ2v) is 3.02. The van der Waals surface area contributed by atoms with E-state index in [-0.39, 0.29) is 0 Å². The number of carbonyl (C=O) groups is 1. The highest BCUT2D eigenvalue weighted by atomic mass is 16.4. The van der Waals surface area contributed by atoms with Gasteiger partial charge < -0.3 is 5.11 Å². The summed E-state index contributed by atoms with van der Waals surface area (Å²) >= 11 is 0. The number of hydrogen-bond acceptors (Lipinski definition) is 2. The summed E-state index contributed by atoms with van der Waals surface area (Å²) < 4.78 is 0. The van der Waals surface area contributed by atoms with Gasteiger partial charge in [0.05, 0.1) is 5.69 Å². The number of aromatic nitrogens is 1. The number of aliphatic carboxylic acids is 1. The number of rotatable bonds is 1. The first-order valence-corrected chi connectivity index (χ1v) is 4.15. The lowest BCUT2D eigenvalue weighted by atomic mass is 10.2. The van der Waals surface area contributed by atoms with Gasteiger partial charge in [-0.3, -0.25) is 4.98 Å². The van der Waals surface area contributed by atoms with Gasteiger partial charge in [0, 0.05) is 12.3 Å². The van der Waals surface area contributed by atoms with Crippen LogP contribution in [0.4, 0.5) is 0 Å². The van der Waals surface area contributed by atoms with Gasteiger partial charge in [0.25, 0.3) is 0 Å². The molecule has 2 rings (SSSR count). The van der Waals surface area contributed by atoms with E-state index in [0.717, 1.165) is 29.7 Å². The van der Waals surface area contributed by atoms with Crippen LogP contribution < -0.4 is 0 Å². The van der Waals surface area contributed by atoms with Crippen molar-refractivity contribution in [2.75, 3.05) is 0 Å². The third kappa shape index (κ3) is 1.45. The van der Waals surface area contributed by atoms with Crippen LogP contribution in [0.25, 0.3) is 5.57 Å². The monoisotopic (exact) mass is 175 g/mol. The average molecular weight is 175 g/mol. The van der Waals surface area contributed by atoms with Gasteiger partial charge in [-0.2, -0.15) is 0 Å².